The molecule has 1 aromatic heterocycles. The number of aromatic nitrogens is 2. The highest BCUT2D eigenvalue weighted by molar-refractivity contribution is 6.31. The van der Waals surface area contributed by atoms with Gasteiger partial charge in [-0.15, -0.1) is 0 Å². The van der Waals surface area contributed by atoms with Crippen molar-refractivity contribution in [3.63, 3.8) is 0 Å². The maximum atomic E-state index is 6.30. The third kappa shape index (κ3) is 3.57. The fourth-order valence-electron chi connectivity index (χ4n) is 2.35. The number of ether oxygens (including phenoxy) is 1. The van der Waals surface area contributed by atoms with Crippen LogP contribution in [0.3, 0.4) is 0 Å². The summed E-state index contributed by atoms with van der Waals surface area (Å²) in [6, 6.07) is 6.15. The average Bonchev–Trinajstić information content (AvgIpc) is 2.74. The van der Waals surface area contributed by atoms with Crippen LogP contribution < -0.4 is 10.5 Å². The van der Waals surface area contributed by atoms with Gasteiger partial charge >= 0.3 is 0 Å². The van der Waals surface area contributed by atoms with Gasteiger partial charge in [-0.3, -0.25) is 4.68 Å². The maximum Gasteiger partial charge on any atom is 0.131 e. The second-order valence-corrected chi connectivity index (χ2v) is 5.48. The van der Waals surface area contributed by atoms with Crippen LogP contribution in [0.1, 0.15) is 29.4 Å². The van der Waals surface area contributed by atoms with Gasteiger partial charge in [0.1, 0.15) is 12.4 Å². The Morgan fingerprint density at radius 3 is 2.76 bits per heavy atom. The first kappa shape index (κ1) is 15.9. The van der Waals surface area contributed by atoms with E-state index in [1.807, 2.05) is 30.7 Å². The summed E-state index contributed by atoms with van der Waals surface area (Å²) in [5, 5.41) is 5.08. The molecule has 4 nitrogen and oxygen atoms in total. The van der Waals surface area contributed by atoms with Crippen LogP contribution >= 0.6 is 11.6 Å². The summed E-state index contributed by atoms with van der Waals surface area (Å²) in [5.74, 6) is 0.864. The summed E-state index contributed by atoms with van der Waals surface area (Å²) in [4.78, 5) is 0. The molecule has 0 fully saturated rings. The van der Waals surface area contributed by atoms with Crippen molar-refractivity contribution in [2.75, 3.05) is 6.54 Å². The second kappa shape index (κ2) is 6.96. The minimum Gasteiger partial charge on any atom is -0.487 e. The van der Waals surface area contributed by atoms with Crippen LogP contribution in [0.4, 0.5) is 0 Å². The first-order valence-corrected chi connectivity index (χ1v) is 7.58. The van der Waals surface area contributed by atoms with Crippen molar-refractivity contribution in [3.05, 3.63) is 45.7 Å². The van der Waals surface area contributed by atoms with Crippen molar-refractivity contribution >= 4 is 11.6 Å². The third-order valence-corrected chi connectivity index (χ3v) is 3.94. The lowest BCUT2D eigenvalue weighted by molar-refractivity contribution is 0.289. The molecule has 5 heteroatoms. The number of halogens is 1. The molecule has 114 valence electrons. The fraction of sp³-hybridized carbons (Fsp3) is 0.438. The average molecular weight is 308 g/mol. The Bertz CT molecular complexity index is 622. The van der Waals surface area contributed by atoms with E-state index in [4.69, 9.17) is 22.1 Å². The molecule has 2 N–H and O–H groups in total. The SMILES string of the molecule is CCn1nc(C)c(Cl)c1COc1ccc(C)cc1CCN. The van der Waals surface area contributed by atoms with Crippen LogP contribution in [-0.4, -0.2) is 16.3 Å². The quantitative estimate of drug-likeness (QED) is 0.891. The zero-order chi connectivity index (χ0) is 15.4. The van der Waals surface area contributed by atoms with E-state index < -0.39 is 0 Å². The van der Waals surface area contributed by atoms with Gasteiger partial charge in [-0.05, 0) is 45.4 Å². The lowest BCUT2D eigenvalue weighted by Crippen LogP contribution is -2.09. The molecule has 0 saturated carbocycles. The smallest absolute Gasteiger partial charge is 0.131 e. The molecular formula is C16H22ClN3O. The molecule has 0 amide bonds. The molecule has 0 bridgehead atoms. The van der Waals surface area contributed by atoms with Crippen molar-refractivity contribution in [3.8, 4) is 5.75 Å². The third-order valence-electron chi connectivity index (χ3n) is 3.45. The molecule has 2 aromatic rings. The van der Waals surface area contributed by atoms with E-state index in [9.17, 15) is 0 Å². The molecule has 0 atom stereocenters. The Kier molecular flexibility index (Phi) is 5.26. The lowest BCUT2D eigenvalue weighted by Gasteiger charge is -2.13. The largest absolute Gasteiger partial charge is 0.487 e. The van der Waals surface area contributed by atoms with Crippen molar-refractivity contribution in [2.45, 2.75) is 40.3 Å². The highest BCUT2D eigenvalue weighted by Gasteiger charge is 2.14. The highest BCUT2D eigenvalue weighted by Crippen LogP contribution is 2.25. The van der Waals surface area contributed by atoms with E-state index in [2.05, 4.69) is 18.1 Å². The monoisotopic (exact) mass is 307 g/mol. The fourth-order valence-corrected chi connectivity index (χ4v) is 2.54. The summed E-state index contributed by atoms with van der Waals surface area (Å²) >= 11 is 6.30. The molecule has 1 heterocycles. The summed E-state index contributed by atoms with van der Waals surface area (Å²) in [7, 11) is 0. The van der Waals surface area contributed by atoms with Crippen molar-refractivity contribution in [2.24, 2.45) is 5.73 Å². The molecular weight excluding hydrogens is 286 g/mol. The molecule has 0 aliphatic heterocycles. The van der Waals surface area contributed by atoms with E-state index in [1.165, 1.54) is 5.56 Å². The summed E-state index contributed by atoms with van der Waals surface area (Å²) in [6.45, 7) is 7.80. The number of hydrogen-bond acceptors (Lipinski definition) is 3. The van der Waals surface area contributed by atoms with Crippen molar-refractivity contribution in [1.29, 1.82) is 0 Å². The molecule has 0 unspecified atom stereocenters. The summed E-state index contributed by atoms with van der Waals surface area (Å²) < 4.78 is 7.85. The molecule has 0 aliphatic rings. The first-order chi connectivity index (χ1) is 10.1. The van der Waals surface area contributed by atoms with E-state index in [-0.39, 0.29) is 0 Å². The van der Waals surface area contributed by atoms with Gasteiger partial charge in [0.2, 0.25) is 0 Å². The molecule has 2 rings (SSSR count). The first-order valence-electron chi connectivity index (χ1n) is 7.21. The Morgan fingerprint density at radius 1 is 1.33 bits per heavy atom. The van der Waals surface area contributed by atoms with Crippen molar-refractivity contribution in [1.82, 2.24) is 9.78 Å². The van der Waals surface area contributed by atoms with Gasteiger partial charge in [0.25, 0.3) is 0 Å². The standard InChI is InChI=1S/C16H22ClN3O/c1-4-20-14(16(17)12(3)19-20)10-21-15-6-5-11(2)9-13(15)7-8-18/h5-6,9H,4,7-8,10,18H2,1-3H3. The predicted octanol–water partition coefficient (Wildman–Crippen LogP) is 3.25. The Balaban J connectivity index is 2.20. The van der Waals surface area contributed by atoms with Gasteiger partial charge in [0.15, 0.2) is 0 Å². The van der Waals surface area contributed by atoms with Crippen LogP contribution in [0.25, 0.3) is 0 Å². The molecule has 0 radical (unpaired) electrons. The molecule has 0 aliphatic carbocycles. The van der Waals surface area contributed by atoms with Crippen LogP contribution in [0.5, 0.6) is 5.75 Å². The highest BCUT2D eigenvalue weighted by atomic mass is 35.5. The number of nitrogens with zero attached hydrogens (tertiary/aromatic N) is 2. The van der Waals surface area contributed by atoms with Crippen LogP contribution in [0, 0.1) is 13.8 Å². The van der Waals surface area contributed by atoms with Crippen LogP contribution in [0.15, 0.2) is 18.2 Å². The van der Waals surface area contributed by atoms with Crippen LogP contribution in [0.2, 0.25) is 5.02 Å². The van der Waals surface area contributed by atoms with Crippen molar-refractivity contribution < 1.29 is 4.74 Å². The zero-order valence-corrected chi connectivity index (χ0v) is 13.6. The predicted molar refractivity (Wildman–Crippen MR) is 85.9 cm³/mol. The molecule has 0 spiro atoms. The van der Waals surface area contributed by atoms with Gasteiger partial charge in [-0.2, -0.15) is 5.10 Å². The zero-order valence-electron chi connectivity index (χ0n) is 12.8. The number of benzene rings is 1. The Labute approximate surface area is 130 Å². The minimum atomic E-state index is 0.411. The number of aryl methyl sites for hydroxylation is 3. The maximum absolute atomic E-state index is 6.30. The number of hydrogen-bond donors (Lipinski definition) is 1. The van der Waals surface area contributed by atoms with E-state index >= 15 is 0 Å². The second-order valence-electron chi connectivity index (χ2n) is 5.10. The summed E-state index contributed by atoms with van der Waals surface area (Å²) in [6.07, 6.45) is 0.802. The van der Waals surface area contributed by atoms with E-state index in [0.29, 0.717) is 18.2 Å². The normalized spacial score (nSPS) is 10.9. The molecule has 21 heavy (non-hydrogen) atoms. The van der Waals surface area contributed by atoms with Gasteiger partial charge in [0, 0.05) is 6.54 Å². The van der Waals surface area contributed by atoms with Crippen LogP contribution in [-0.2, 0) is 19.6 Å². The minimum absolute atomic E-state index is 0.411. The number of nitrogens with two attached hydrogens (primary N) is 1. The molecule has 1 aromatic carbocycles. The lowest BCUT2D eigenvalue weighted by atomic mass is 10.1. The summed E-state index contributed by atoms with van der Waals surface area (Å²) in [5.41, 5.74) is 9.76. The topological polar surface area (TPSA) is 53.1 Å². The van der Waals surface area contributed by atoms with E-state index in [1.54, 1.807) is 0 Å². The van der Waals surface area contributed by atoms with E-state index in [0.717, 1.165) is 35.7 Å². The Hall–Kier alpha value is -1.52. The van der Waals surface area contributed by atoms with Gasteiger partial charge in [0.05, 0.1) is 16.4 Å². The van der Waals surface area contributed by atoms with Gasteiger partial charge in [-0.1, -0.05) is 29.3 Å². The number of rotatable bonds is 6. The van der Waals surface area contributed by atoms with Gasteiger partial charge in [-0.25, -0.2) is 0 Å². The molecule has 0 saturated heterocycles. The Morgan fingerprint density at radius 2 is 2.10 bits per heavy atom. The van der Waals surface area contributed by atoms with Gasteiger partial charge < -0.3 is 10.5 Å².